The van der Waals surface area contributed by atoms with Crippen LogP contribution in [0.1, 0.15) is 5.69 Å². The van der Waals surface area contributed by atoms with E-state index < -0.39 is 0 Å². The van der Waals surface area contributed by atoms with Gasteiger partial charge in [0.05, 0.1) is 5.69 Å². The molecule has 0 aliphatic carbocycles. The Morgan fingerprint density at radius 2 is 2.07 bits per heavy atom. The van der Waals surface area contributed by atoms with Crippen molar-refractivity contribution in [3.05, 3.63) is 36.5 Å². The molecule has 2 heterocycles. The van der Waals surface area contributed by atoms with E-state index in [1.54, 1.807) is 24.5 Å². The largest absolute Gasteiger partial charge is 0.325 e. The maximum atomic E-state index is 5.47. The van der Waals surface area contributed by atoms with E-state index in [4.69, 9.17) is 5.73 Å². The van der Waals surface area contributed by atoms with E-state index in [1.165, 1.54) is 6.33 Å². The molecule has 0 saturated heterocycles. The van der Waals surface area contributed by atoms with E-state index in [2.05, 4.69) is 19.9 Å². The van der Waals surface area contributed by atoms with Crippen LogP contribution in [0, 0.1) is 0 Å². The van der Waals surface area contributed by atoms with Gasteiger partial charge in [0.1, 0.15) is 12.0 Å². The summed E-state index contributed by atoms with van der Waals surface area (Å²) < 4.78 is 0. The number of rotatable bonds is 2. The minimum atomic E-state index is 0.403. The van der Waals surface area contributed by atoms with Crippen molar-refractivity contribution in [2.24, 2.45) is 5.73 Å². The highest BCUT2D eigenvalue weighted by Crippen LogP contribution is 2.09. The Morgan fingerprint density at radius 1 is 1.14 bits per heavy atom. The van der Waals surface area contributed by atoms with Gasteiger partial charge in [-0.15, -0.1) is 0 Å². The van der Waals surface area contributed by atoms with Crippen LogP contribution < -0.4 is 5.73 Å². The zero-order valence-electron chi connectivity index (χ0n) is 7.46. The fourth-order valence-corrected chi connectivity index (χ4v) is 1.06. The van der Waals surface area contributed by atoms with E-state index >= 15 is 0 Å². The Hall–Kier alpha value is -1.88. The van der Waals surface area contributed by atoms with Crippen LogP contribution in [-0.2, 0) is 6.54 Å². The summed E-state index contributed by atoms with van der Waals surface area (Å²) in [5.74, 6) is 0.579. The normalized spacial score (nSPS) is 10.1. The minimum absolute atomic E-state index is 0.403. The Labute approximate surface area is 81.1 Å². The molecule has 2 aromatic heterocycles. The second-order valence-corrected chi connectivity index (χ2v) is 2.67. The van der Waals surface area contributed by atoms with Crippen LogP contribution in [0.25, 0.3) is 11.5 Å². The highest BCUT2D eigenvalue weighted by atomic mass is 14.9. The number of aromatic nitrogens is 4. The van der Waals surface area contributed by atoms with Crippen LogP contribution in [0.15, 0.2) is 30.9 Å². The summed E-state index contributed by atoms with van der Waals surface area (Å²) >= 11 is 0. The molecule has 2 N–H and O–H groups in total. The fourth-order valence-electron chi connectivity index (χ4n) is 1.06. The van der Waals surface area contributed by atoms with E-state index in [9.17, 15) is 0 Å². The van der Waals surface area contributed by atoms with Crippen LogP contribution in [-0.4, -0.2) is 19.9 Å². The molecule has 0 aliphatic heterocycles. The summed E-state index contributed by atoms with van der Waals surface area (Å²) in [4.78, 5) is 16.2. The molecular weight excluding hydrogens is 178 g/mol. The van der Waals surface area contributed by atoms with E-state index in [1.807, 2.05) is 0 Å². The smallest absolute Gasteiger partial charge is 0.178 e. The summed E-state index contributed by atoms with van der Waals surface area (Å²) in [7, 11) is 0. The number of hydrogen-bond donors (Lipinski definition) is 1. The first kappa shape index (κ1) is 8.71. The maximum Gasteiger partial charge on any atom is 0.178 e. The van der Waals surface area contributed by atoms with Gasteiger partial charge in [0.15, 0.2) is 5.82 Å². The van der Waals surface area contributed by atoms with Crippen molar-refractivity contribution < 1.29 is 0 Å². The topological polar surface area (TPSA) is 77.6 Å². The van der Waals surface area contributed by atoms with Crippen molar-refractivity contribution in [2.45, 2.75) is 6.54 Å². The van der Waals surface area contributed by atoms with Crippen LogP contribution >= 0.6 is 0 Å². The molecule has 0 saturated carbocycles. The Kier molecular flexibility index (Phi) is 2.42. The minimum Gasteiger partial charge on any atom is -0.325 e. The van der Waals surface area contributed by atoms with E-state index in [0.717, 1.165) is 5.69 Å². The first-order valence-corrected chi connectivity index (χ1v) is 4.18. The molecule has 2 rings (SSSR count). The molecule has 70 valence electrons. The number of hydrogen-bond acceptors (Lipinski definition) is 5. The van der Waals surface area contributed by atoms with Crippen LogP contribution in [0.4, 0.5) is 0 Å². The molecule has 0 aromatic carbocycles. The lowest BCUT2D eigenvalue weighted by molar-refractivity contribution is 0.962. The fraction of sp³-hybridized carbons (Fsp3) is 0.111. The van der Waals surface area contributed by atoms with Gasteiger partial charge in [0, 0.05) is 18.9 Å². The Balaban J connectivity index is 2.42. The highest BCUT2D eigenvalue weighted by molar-refractivity contribution is 5.47. The molecular formula is C9H9N5. The zero-order valence-corrected chi connectivity index (χ0v) is 7.46. The molecule has 0 atom stereocenters. The third-order valence-corrected chi connectivity index (χ3v) is 1.73. The Morgan fingerprint density at radius 3 is 2.79 bits per heavy atom. The summed E-state index contributed by atoms with van der Waals surface area (Å²) in [6.07, 6.45) is 4.79. The lowest BCUT2D eigenvalue weighted by Gasteiger charge is -1.99. The molecule has 5 heteroatoms. The van der Waals surface area contributed by atoms with Crippen molar-refractivity contribution in [3.8, 4) is 11.5 Å². The monoisotopic (exact) mass is 187 g/mol. The molecule has 0 spiro atoms. The van der Waals surface area contributed by atoms with Crippen molar-refractivity contribution >= 4 is 0 Å². The highest BCUT2D eigenvalue weighted by Gasteiger charge is 2.01. The average molecular weight is 187 g/mol. The van der Waals surface area contributed by atoms with Gasteiger partial charge in [-0.1, -0.05) is 0 Å². The second-order valence-electron chi connectivity index (χ2n) is 2.67. The molecule has 2 aromatic rings. The summed E-state index contributed by atoms with van der Waals surface area (Å²) in [6.45, 7) is 0.403. The predicted molar refractivity (Wildman–Crippen MR) is 50.9 cm³/mol. The average Bonchev–Trinajstić information content (AvgIpc) is 2.30. The van der Waals surface area contributed by atoms with Gasteiger partial charge in [0.25, 0.3) is 0 Å². The molecule has 0 aliphatic rings. The van der Waals surface area contributed by atoms with Crippen molar-refractivity contribution in [2.75, 3.05) is 0 Å². The van der Waals surface area contributed by atoms with Crippen LogP contribution in [0.5, 0.6) is 0 Å². The van der Waals surface area contributed by atoms with Crippen molar-refractivity contribution in [1.82, 2.24) is 19.9 Å². The van der Waals surface area contributed by atoms with Gasteiger partial charge in [-0.25, -0.2) is 19.9 Å². The lowest BCUT2D eigenvalue weighted by Crippen LogP contribution is -2.02. The number of nitrogens with zero attached hydrogens (tertiary/aromatic N) is 4. The van der Waals surface area contributed by atoms with E-state index in [-0.39, 0.29) is 0 Å². The SMILES string of the molecule is NCc1ccnc(-c2ccncn2)n1. The van der Waals surface area contributed by atoms with Crippen molar-refractivity contribution in [3.63, 3.8) is 0 Å². The van der Waals surface area contributed by atoms with Gasteiger partial charge < -0.3 is 5.73 Å². The summed E-state index contributed by atoms with van der Waals surface area (Å²) in [5.41, 5.74) is 6.98. The van der Waals surface area contributed by atoms with Gasteiger partial charge in [-0.2, -0.15) is 0 Å². The van der Waals surface area contributed by atoms with Crippen LogP contribution in [0.3, 0.4) is 0 Å². The predicted octanol–water partition coefficient (Wildman–Crippen LogP) is 0.392. The molecule has 0 unspecified atom stereocenters. The standard InChI is InChI=1S/C9H9N5/c10-5-7-1-4-12-9(14-7)8-2-3-11-6-13-8/h1-4,6H,5,10H2. The van der Waals surface area contributed by atoms with Gasteiger partial charge in [-0.3, -0.25) is 0 Å². The molecule has 0 radical (unpaired) electrons. The maximum absolute atomic E-state index is 5.47. The molecule has 5 nitrogen and oxygen atoms in total. The van der Waals surface area contributed by atoms with Crippen molar-refractivity contribution in [1.29, 1.82) is 0 Å². The summed E-state index contributed by atoms with van der Waals surface area (Å²) in [5, 5.41) is 0. The zero-order chi connectivity index (χ0) is 9.80. The van der Waals surface area contributed by atoms with Gasteiger partial charge >= 0.3 is 0 Å². The molecule has 0 bridgehead atoms. The molecule has 0 fully saturated rings. The quantitative estimate of drug-likeness (QED) is 0.735. The lowest BCUT2D eigenvalue weighted by atomic mass is 10.3. The molecule has 14 heavy (non-hydrogen) atoms. The second kappa shape index (κ2) is 3.89. The first-order chi connectivity index (χ1) is 6.90. The third kappa shape index (κ3) is 1.72. The third-order valence-electron chi connectivity index (χ3n) is 1.73. The van der Waals surface area contributed by atoms with E-state index in [0.29, 0.717) is 18.1 Å². The Bertz CT molecular complexity index is 415. The molecule has 0 amide bonds. The van der Waals surface area contributed by atoms with Gasteiger partial charge in [0.2, 0.25) is 0 Å². The summed E-state index contributed by atoms with van der Waals surface area (Å²) in [6, 6.07) is 3.54. The van der Waals surface area contributed by atoms with Crippen LogP contribution in [0.2, 0.25) is 0 Å². The number of nitrogens with two attached hydrogens (primary N) is 1. The first-order valence-electron chi connectivity index (χ1n) is 4.18. The van der Waals surface area contributed by atoms with Gasteiger partial charge in [-0.05, 0) is 12.1 Å².